The molecular formula is C16H18N2O. The Morgan fingerprint density at radius 2 is 1.68 bits per heavy atom. The van der Waals surface area contributed by atoms with Crippen molar-refractivity contribution >= 4 is 17.4 Å². The van der Waals surface area contributed by atoms with Gasteiger partial charge in [0.1, 0.15) is 0 Å². The molecule has 2 rings (SSSR count). The van der Waals surface area contributed by atoms with Gasteiger partial charge in [-0.2, -0.15) is 0 Å². The molecule has 1 N–H and O–H groups in total. The van der Waals surface area contributed by atoms with Gasteiger partial charge in [0.25, 0.3) is 0 Å². The average molecular weight is 254 g/mol. The number of nitrogens with zero attached hydrogens (tertiary/aromatic N) is 1. The quantitative estimate of drug-likeness (QED) is 0.884. The third-order valence-corrected chi connectivity index (χ3v) is 3.06. The molecule has 3 nitrogen and oxygen atoms in total. The van der Waals surface area contributed by atoms with E-state index in [1.807, 2.05) is 54.6 Å². The Labute approximate surface area is 113 Å². The van der Waals surface area contributed by atoms with Crippen molar-refractivity contribution in [3.05, 3.63) is 60.2 Å². The molecule has 0 radical (unpaired) electrons. The smallest absolute Gasteiger partial charge is 0.308 e. The highest BCUT2D eigenvalue weighted by Gasteiger charge is 2.13. The molecule has 3 heteroatoms. The average Bonchev–Trinajstić information content (AvgIpc) is 2.47. The van der Waals surface area contributed by atoms with Crippen molar-refractivity contribution in [2.75, 3.05) is 17.3 Å². The van der Waals surface area contributed by atoms with Crippen LogP contribution in [0.3, 0.4) is 0 Å². The highest BCUT2D eigenvalue weighted by atomic mass is 16.2. The van der Waals surface area contributed by atoms with Gasteiger partial charge >= 0.3 is 6.03 Å². The van der Waals surface area contributed by atoms with E-state index in [1.165, 1.54) is 0 Å². The van der Waals surface area contributed by atoms with Gasteiger partial charge in [0, 0.05) is 18.4 Å². The number of amides is 2. The fourth-order valence-electron chi connectivity index (χ4n) is 1.98. The number of benzene rings is 2. The number of hydrogen-bond donors (Lipinski definition) is 1. The first-order valence-electron chi connectivity index (χ1n) is 6.40. The predicted octanol–water partition coefficient (Wildman–Crippen LogP) is 3.92. The lowest BCUT2D eigenvalue weighted by molar-refractivity contribution is 0.258. The Morgan fingerprint density at radius 3 is 2.37 bits per heavy atom. The Balaban J connectivity index is 2.15. The molecule has 0 saturated carbocycles. The Morgan fingerprint density at radius 1 is 1.05 bits per heavy atom. The Hall–Kier alpha value is -2.29. The van der Waals surface area contributed by atoms with Gasteiger partial charge in [-0.05, 0) is 30.2 Å². The first kappa shape index (κ1) is 13.1. The van der Waals surface area contributed by atoms with Crippen molar-refractivity contribution < 1.29 is 4.79 Å². The van der Waals surface area contributed by atoms with Crippen LogP contribution in [0.1, 0.15) is 12.5 Å². The maximum Gasteiger partial charge on any atom is 0.326 e. The van der Waals surface area contributed by atoms with Crippen molar-refractivity contribution in [3.63, 3.8) is 0 Å². The van der Waals surface area contributed by atoms with Crippen LogP contribution < -0.4 is 10.2 Å². The number of para-hydroxylation sites is 2. The fraction of sp³-hybridized carbons (Fsp3) is 0.188. The number of aryl methyl sites for hydroxylation is 1. The predicted molar refractivity (Wildman–Crippen MR) is 79.7 cm³/mol. The largest absolute Gasteiger partial charge is 0.326 e. The molecule has 0 aromatic heterocycles. The van der Waals surface area contributed by atoms with Crippen LogP contribution in [-0.2, 0) is 6.42 Å². The van der Waals surface area contributed by atoms with Gasteiger partial charge in [-0.3, -0.25) is 4.90 Å². The van der Waals surface area contributed by atoms with Crippen molar-refractivity contribution in [3.8, 4) is 0 Å². The zero-order valence-corrected chi connectivity index (χ0v) is 11.3. The summed E-state index contributed by atoms with van der Waals surface area (Å²) in [6.45, 7) is 2.09. The summed E-state index contributed by atoms with van der Waals surface area (Å²) in [5.74, 6) is 0. The summed E-state index contributed by atoms with van der Waals surface area (Å²) in [6.07, 6.45) is 0.902. The molecule has 0 aliphatic heterocycles. The lowest BCUT2D eigenvalue weighted by atomic mass is 10.1. The van der Waals surface area contributed by atoms with E-state index in [-0.39, 0.29) is 6.03 Å². The summed E-state index contributed by atoms with van der Waals surface area (Å²) < 4.78 is 0. The van der Waals surface area contributed by atoms with Crippen LogP contribution >= 0.6 is 0 Å². The SMILES string of the molecule is CCc1ccccc1N(C)C(=O)Nc1ccccc1. The van der Waals surface area contributed by atoms with Gasteiger partial charge in [0.2, 0.25) is 0 Å². The van der Waals surface area contributed by atoms with E-state index in [0.29, 0.717) is 0 Å². The van der Waals surface area contributed by atoms with Gasteiger partial charge < -0.3 is 5.32 Å². The minimum atomic E-state index is -0.132. The normalized spacial score (nSPS) is 10.0. The summed E-state index contributed by atoms with van der Waals surface area (Å²) in [6, 6.07) is 17.3. The molecule has 2 aromatic carbocycles. The second kappa shape index (κ2) is 6.05. The number of urea groups is 1. The van der Waals surface area contributed by atoms with Gasteiger partial charge in [-0.15, -0.1) is 0 Å². The minimum absolute atomic E-state index is 0.132. The lowest BCUT2D eigenvalue weighted by Crippen LogP contribution is -2.31. The molecule has 0 unspecified atom stereocenters. The molecule has 0 atom stereocenters. The maximum absolute atomic E-state index is 12.2. The van der Waals surface area contributed by atoms with Crippen molar-refractivity contribution in [2.24, 2.45) is 0 Å². The minimum Gasteiger partial charge on any atom is -0.308 e. The van der Waals surface area contributed by atoms with Gasteiger partial charge in [-0.1, -0.05) is 43.3 Å². The fourth-order valence-corrected chi connectivity index (χ4v) is 1.98. The van der Waals surface area contributed by atoms with E-state index in [4.69, 9.17) is 0 Å². The van der Waals surface area contributed by atoms with Crippen molar-refractivity contribution in [1.29, 1.82) is 0 Å². The van der Waals surface area contributed by atoms with E-state index < -0.39 is 0 Å². The van der Waals surface area contributed by atoms with Crippen molar-refractivity contribution in [2.45, 2.75) is 13.3 Å². The van der Waals surface area contributed by atoms with Crippen LogP contribution in [0.5, 0.6) is 0 Å². The summed E-state index contributed by atoms with van der Waals surface area (Å²) >= 11 is 0. The monoisotopic (exact) mass is 254 g/mol. The van der Waals surface area contributed by atoms with E-state index in [1.54, 1.807) is 11.9 Å². The highest BCUT2D eigenvalue weighted by molar-refractivity contribution is 6.01. The number of carbonyl (C=O) groups excluding carboxylic acids is 1. The zero-order valence-electron chi connectivity index (χ0n) is 11.3. The molecule has 0 aliphatic carbocycles. The molecule has 0 aliphatic rings. The topological polar surface area (TPSA) is 32.3 Å². The summed E-state index contributed by atoms with van der Waals surface area (Å²) in [7, 11) is 1.78. The van der Waals surface area contributed by atoms with Crippen LogP contribution in [0.25, 0.3) is 0 Å². The maximum atomic E-state index is 12.2. The van der Waals surface area contributed by atoms with E-state index >= 15 is 0 Å². The number of rotatable bonds is 3. The summed E-state index contributed by atoms with van der Waals surface area (Å²) in [5.41, 5.74) is 2.90. The Bertz CT molecular complexity index is 552. The highest BCUT2D eigenvalue weighted by Crippen LogP contribution is 2.20. The van der Waals surface area contributed by atoms with E-state index in [9.17, 15) is 4.79 Å². The standard InChI is InChI=1S/C16H18N2O/c1-3-13-9-7-8-12-15(13)18(2)16(19)17-14-10-5-4-6-11-14/h4-12H,3H2,1-2H3,(H,17,19). The van der Waals surface area contributed by atoms with Crippen LogP contribution in [0.4, 0.5) is 16.2 Å². The first-order valence-corrected chi connectivity index (χ1v) is 6.40. The molecular weight excluding hydrogens is 236 g/mol. The zero-order chi connectivity index (χ0) is 13.7. The second-order valence-corrected chi connectivity index (χ2v) is 4.34. The molecule has 2 amide bonds. The van der Waals surface area contributed by atoms with Gasteiger partial charge in [-0.25, -0.2) is 4.79 Å². The van der Waals surface area contributed by atoms with E-state index in [2.05, 4.69) is 12.2 Å². The summed E-state index contributed by atoms with van der Waals surface area (Å²) in [5, 5.41) is 2.88. The van der Waals surface area contributed by atoms with Gasteiger partial charge in [0.05, 0.1) is 0 Å². The van der Waals surface area contributed by atoms with Crippen molar-refractivity contribution in [1.82, 2.24) is 0 Å². The molecule has 0 spiro atoms. The Kier molecular flexibility index (Phi) is 4.18. The second-order valence-electron chi connectivity index (χ2n) is 4.34. The number of anilines is 2. The van der Waals surface area contributed by atoms with Gasteiger partial charge in [0.15, 0.2) is 0 Å². The number of carbonyl (C=O) groups is 1. The molecule has 2 aromatic rings. The number of hydrogen-bond acceptors (Lipinski definition) is 1. The molecule has 0 heterocycles. The molecule has 0 saturated heterocycles. The van der Waals surface area contributed by atoms with Crippen LogP contribution in [0.2, 0.25) is 0 Å². The van der Waals surface area contributed by atoms with Crippen LogP contribution in [0, 0.1) is 0 Å². The molecule has 98 valence electrons. The third-order valence-electron chi connectivity index (χ3n) is 3.06. The first-order chi connectivity index (χ1) is 9.22. The third kappa shape index (κ3) is 3.13. The number of nitrogens with one attached hydrogen (secondary N) is 1. The summed E-state index contributed by atoms with van der Waals surface area (Å²) in [4.78, 5) is 13.8. The molecule has 0 bridgehead atoms. The van der Waals surface area contributed by atoms with Crippen LogP contribution in [0.15, 0.2) is 54.6 Å². The molecule has 0 fully saturated rings. The van der Waals surface area contributed by atoms with E-state index in [0.717, 1.165) is 23.4 Å². The lowest BCUT2D eigenvalue weighted by Gasteiger charge is -2.20. The van der Waals surface area contributed by atoms with Crippen LogP contribution in [-0.4, -0.2) is 13.1 Å². The molecule has 19 heavy (non-hydrogen) atoms.